The molecule has 0 aliphatic carbocycles. The molecule has 0 aliphatic rings. The van der Waals surface area contributed by atoms with Crippen LogP contribution in [0.1, 0.15) is 94.9 Å². The molecular formula is C31H47N3O6S. The van der Waals surface area contributed by atoms with Gasteiger partial charge in [0.05, 0.1) is 5.92 Å². The first kappa shape index (κ1) is 34.2. The van der Waals surface area contributed by atoms with Crippen molar-refractivity contribution >= 4 is 29.3 Å². The Labute approximate surface area is 248 Å². The van der Waals surface area contributed by atoms with Crippen LogP contribution in [-0.2, 0) is 20.7 Å². The van der Waals surface area contributed by atoms with Crippen LogP contribution in [0.15, 0.2) is 35.7 Å². The van der Waals surface area contributed by atoms with E-state index in [1.165, 1.54) is 11.3 Å². The normalized spacial score (nSPS) is 14.7. The standard InChI is InChI=1S/C31H47N3O6S/c1-9-15-39-26(18-25(20(2)3)34(8)30(38)40-31(5,6)7)28-33-24(19-41-28)27(35)32-23(16-21(4)29(36)37)17-22-13-11-10-12-14-22/h10-14,19-21,23,25-26H,9,15-18H2,1-8H3,(H,32,35)(H,36,37)/t21?,23?,25-,26-/m1/s1. The van der Waals surface area contributed by atoms with Gasteiger partial charge in [-0.15, -0.1) is 11.3 Å². The fourth-order valence-corrected chi connectivity index (χ4v) is 5.34. The van der Waals surface area contributed by atoms with Crippen molar-refractivity contribution in [3.63, 3.8) is 0 Å². The summed E-state index contributed by atoms with van der Waals surface area (Å²) >= 11 is 1.34. The second-order valence-corrected chi connectivity index (χ2v) is 12.8. The Kier molecular flexibility index (Phi) is 13.2. The SMILES string of the molecule is CCCO[C@H](C[C@H](C(C)C)N(C)C(=O)OC(C)(C)C)c1nc(C(=O)NC(Cc2ccccc2)CC(C)C(=O)O)cs1. The number of rotatable bonds is 15. The summed E-state index contributed by atoms with van der Waals surface area (Å²) in [6.07, 6.45) is 1.30. The molecule has 0 radical (unpaired) electrons. The minimum absolute atomic E-state index is 0.123. The molecule has 0 fully saturated rings. The molecular weight excluding hydrogens is 542 g/mol. The second-order valence-electron chi connectivity index (χ2n) is 11.9. The Morgan fingerprint density at radius 3 is 2.32 bits per heavy atom. The molecule has 4 atom stereocenters. The molecule has 10 heteroatoms. The molecule has 2 unspecified atom stereocenters. The van der Waals surface area contributed by atoms with Gasteiger partial charge in [-0.25, -0.2) is 9.78 Å². The summed E-state index contributed by atoms with van der Waals surface area (Å²) < 4.78 is 11.8. The van der Waals surface area contributed by atoms with Crippen LogP contribution in [0.25, 0.3) is 0 Å². The van der Waals surface area contributed by atoms with E-state index in [0.29, 0.717) is 30.9 Å². The van der Waals surface area contributed by atoms with Crippen LogP contribution in [0.2, 0.25) is 0 Å². The van der Waals surface area contributed by atoms with Gasteiger partial charge < -0.3 is 24.8 Å². The van der Waals surface area contributed by atoms with Crippen molar-refractivity contribution in [1.82, 2.24) is 15.2 Å². The van der Waals surface area contributed by atoms with Crippen molar-refractivity contribution in [2.45, 2.75) is 97.9 Å². The summed E-state index contributed by atoms with van der Waals surface area (Å²) in [5.41, 5.74) is 0.664. The summed E-state index contributed by atoms with van der Waals surface area (Å²) in [7, 11) is 1.74. The number of hydrogen-bond acceptors (Lipinski definition) is 7. The number of thiazole rings is 1. The molecule has 2 aromatic rings. The zero-order chi connectivity index (χ0) is 30.7. The first-order valence-electron chi connectivity index (χ1n) is 14.3. The number of nitrogens with one attached hydrogen (secondary N) is 1. The van der Waals surface area contributed by atoms with Gasteiger partial charge in [0.25, 0.3) is 5.91 Å². The summed E-state index contributed by atoms with van der Waals surface area (Å²) in [5, 5.41) is 14.8. The van der Waals surface area contributed by atoms with Gasteiger partial charge in [-0.1, -0.05) is 58.0 Å². The topological polar surface area (TPSA) is 118 Å². The van der Waals surface area contributed by atoms with Crippen LogP contribution in [0.3, 0.4) is 0 Å². The van der Waals surface area contributed by atoms with Gasteiger partial charge in [-0.05, 0) is 51.5 Å². The lowest BCUT2D eigenvalue weighted by atomic mass is 9.96. The van der Waals surface area contributed by atoms with Crippen LogP contribution >= 0.6 is 11.3 Å². The number of carbonyl (C=O) groups excluding carboxylic acids is 2. The maximum Gasteiger partial charge on any atom is 0.410 e. The lowest BCUT2D eigenvalue weighted by molar-refractivity contribution is -0.141. The van der Waals surface area contributed by atoms with Crippen molar-refractivity contribution in [3.05, 3.63) is 52.0 Å². The van der Waals surface area contributed by atoms with Gasteiger partial charge in [0.2, 0.25) is 0 Å². The average molecular weight is 590 g/mol. The maximum absolute atomic E-state index is 13.3. The number of ether oxygens (including phenoxy) is 2. The van der Waals surface area contributed by atoms with Gasteiger partial charge in [-0.2, -0.15) is 0 Å². The van der Waals surface area contributed by atoms with Crippen LogP contribution in [-0.4, -0.2) is 64.3 Å². The molecule has 2 N–H and O–H groups in total. The highest BCUT2D eigenvalue weighted by atomic mass is 32.1. The molecule has 2 rings (SSSR count). The van der Waals surface area contributed by atoms with E-state index in [-0.39, 0.29) is 29.6 Å². The van der Waals surface area contributed by atoms with E-state index in [1.807, 2.05) is 71.9 Å². The molecule has 0 spiro atoms. The number of aromatic nitrogens is 1. The van der Waals surface area contributed by atoms with Crippen LogP contribution in [0, 0.1) is 11.8 Å². The van der Waals surface area contributed by atoms with Crippen molar-refractivity contribution in [2.75, 3.05) is 13.7 Å². The van der Waals surface area contributed by atoms with E-state index < -0.39 is 29.7 Å². The Bertz CT molecular complexity index is 1110. The average Bonchev–Trinajstić information content (AvgIpc) is 3.38. The summed E-state index contributed by atoms with van der Waals surface area (Å²) in [5.74, 6) is -1.75. The number of nitrogens with zero attached hydrogens (tertiary/aromatic N) is 2. The zero-order valence-electron chi connectivity index (χ0n) is 25.7. The predicted molar refractivity (Wildman–Crippen MR) is 161 cm³/mol. The predicted octanol–water partition coefficient (Wildman–Crippen LogP) is 6.34. The van der Waals surface area contributed by atoms with Gasteiger partial charge in [0, 0.05) is 37.5 Å². The van der Waals surface area contributed by atoms with Crippen LogP contribution < -0.4 is 5.32 Å². The number of benzene rings is 1. The fraction of sp³-hybridized carbons (Fsp3) is 0.613. The number of hydrogen-bond donors (Lipinski definition) is 2. The van der Waals surface area contributed by atoms with Gasteiger partial charge in [0.15, 0.2) is 0 Å². The van der Waals surface area contributed by atoms with E-state index in [9.17, 15) is 19.5 Å². The molecule has 2 amide bonds. The van der Waals surface area contributed by atoms with Crippen molar-refractivity contribution in [1.29, 1.82) is 0 Å². The van der Waals surface area contributed by atoms with Crippen LogP contribution in [0.4, 0.5) is 4.79 Å². The number of carbonyl (C=O) groups is 3. The monoisotopic (exact) mass is 589 g/mol. The van der Waals surface area contributed by atoms with Gasteiger partial charge in [0.1, 0.15) is 22.4 Å². The molecule has 1 aromatic heterocycles. The minimum atomic E-state index is -0.903. The lowest BCUT2D eigenvalue weighted by Crippen LogP contribution is -2.44. The zero-order valence-corrected chi connectivity index (χ0v) is 26.5. The first-order valence-corrected chi connectivity index (χ1v) is 15.2. The van der Waals surface area contributed by atoms with E-state index in [4.69, 9.17) is 9.47 Å². The fourth-order valence-electron chi connectivity index (χ4n) is 4.49. The Balaban J connectivity index is 2.23. The highest BCUT2D eigenvalue weighted by Gasteiger charge is 2.32. The summed E-state index contributed by atoms with van der Waals surface area (Å²) in [4.78, 5) is 43.9. The quantitative estimate of drug-likeness (QED) is 0.249. The molecule has 9 nitrogen and oxygen atoms in total. The van der Waals surface area contributed by atoms with E-state index in [1.54, 1.807) is 24.3 Å². The minimum Gasteiger partial charge on any atom is -0.481 e. The highest BCUT2D eigenvalue weighted by Crippen LogP contribution is 2.31. The van der Waals surface area contributed by atoms with E-state index >= 15 is 0 Å². The molecule has 0 saturated carbocycles. The third-order valence-corrected chi connectivity index (χ3v) is 7.61. The Morgan fingerprint density at radius 1 is 1.10 bits per heavy atom. The number of amides is 2. The van der Waals surface area contributed by atoms with Crippen molar-refractivity contribution in [2.24, 2.45) is 11.8 Å². The van der Waals surface area contributed by atoms with Crippen LogP contribution in [0.5, 0.6) is 0 Å². The molecule has 228 valence electrons. The smallest absolute Gasteiger partial charge is 0.410 e. The highest BCUT2D eigenvalue weighted by molar-refractivity contribution is 7.09. The van der Waals surface area contributed by atoms with E-state index in [0.717, 1.165) is 12.0 Å². The second kappa shape index (κ2) is 15.9. The first-order chi connectivity index (χ1) is 19.2. The Morgan fingerprint density at radius 2 is 1.76 bits per heavy atom. The van der Waals surface area contributed by atoms with Crippen molar-refractivity contribution in [3.8, 4) is 0 Å². The third-order valence-electron chi connectivity index (χ3n) is 6.68. The number of aliphatic carboxylic acids is 1. The molecule has 0 aliphatic heterocycles. The molecule has 1 aromatic carbocycles. The number of carboxylic acids is 1. The van der Waals surface area contributed by atoms with E-state index in [2.05, 4.69) is 10.3 Å². The largest absolute Gasteiger partial charge is 0.481 e. The van der Waals surface area contributed by atoms with Crippen molar-refractivity contribution < 1.29 is 29.0 Å². The summed E-state index contributed by atoms with van der Waals surface area (Å²) in [6, 6.07) is 9.12. The van der Waals surface area contributed by atoms with Gasteiger partial charge in [-0.3, -0.25) is 9.59 Å². The molecule has 1 heterocycles. The molecule has 0 saturated heterocycles. The lowest BCUT2D eigenvalue weighted by Gasteiger charge is -2.34. The Hall–Kier alpha value is -2.98. The maximum atomic E-state index is 13.3. The molecule has 41 heavy (non-hydrogen) atoms. The number of carboxylic acid groups (broad SMARTS) is 1. The summed E-state index contributed by atoms with van der Waals surface area (Å²) in [6.45, 7) is 13.8. The van der Waals surface area contributed by atoms with Gasteiger partial charge >= 0.3 is 12.1 Å². The molecule has 0 bridgehead atoms. The third kappa shape index (κ3) is 11.4.